The van der Waals surface area contributed by atoms with Gasteiger partial charge in [0.25, 0.3) is 0 Å². The van der Waals surface area contributed by atoms with Gasteiger partial charge in [-0.25, -0.2) is 0 Å². The molecule has 30 heavy (non-hydrogen) atoms. The Morgan fingerprint density at radius 3 is 2.53 bits per heavy atom. The highest BCUT2D eigenvalue weighted by atomic mass is 16.3. The Morgan fingerprint density at radius 2 is 1.83 bits per heavy atom. The number of nitrogens with zero attached hydrogens (tertiary/aromatic N) is 2. The number of aliphatic hydroxyl groups is 1. The third-order valence-corrected chi connectivity index (χ3v) is 5.97. The molecule has 2 aromatic rings. The lowest BCUT2D eigenvalue weighted by molar-refractivity contribution is -0.129. The van der Waals surface area contributed by atoms with Crippen molar-refractivity contribution < 1.29 is 19.1 Å². The molecule has 2 aliphatic rings. The first-order valence-corrected chi connectivity index (χ1v) is 10.6. The lowest BCUT2D eigenvalue weighted by atomic mass is 10.1. The van der Waals surface area contributed by atoms with Crippen LogP contribution in [0.1, 0.15) is 36.1 Å². The van der Waals surface area contributed by atoms with Crippen molar-refractivity contribution in [3.63, 3.8) is 0 Å². The van der Waals surface area contributed by atoms with E-state index in [0.717, 1.165) is 43.8 Å². The Balaban J connectivity index is 1.22. The van der Waals surface area contributed by atoms with Crippen LogP contribution in [-0.4, -0.2) is 52.5 Å². The average molecular weight is 412 g/mol. The molecule has 3 heterocycles. The van der Waals surface area contributed by atoms with E-state index in [1.165, 1.54) is 5.56 Å². The van der Waals surface area contributed by atoms with Crippen LogP contribution in [0.5, 0.6) is 0 Å². The minimum atomic E-state index is -0.318. The van der Waals surface area contributed by atoms with Gasteiger partial charge in [-0.05, 0) is 36.1 Å². The maximum Gasteiger partial charge on any atom is 0.225 e. The summed E-state index contributed by atoms with van der Waals surface area (Å²) in [6.07, 6.45) is 3.36. The number of carbonyl (C=O) groups is 2. The fourth-order valence-corrected chi connectivity index (χ4v) is 4.12. The van der Waals surface area contributed by atoms with Crippen molar-refractivity contribution in [2.45, 2.75) is 45.0 Å². The van der Waals surface area contributed by atoms with Gasteiger partial charge < -0.3 is 19.7 Å². The highest BCUT2D eigenvalue weighted by Gasteiger charge is 2.34. The number of furan rings is 1. The summed E-state index contributed by atoms with van der Waals surface area (Å²) < 4.78 is 5.30. The van der Waals surface area contributed by atoms with Gasteiger partial charge in [0.15, 0.2) is 0 Å². The zero-order chi connectivity index (χ0) is 20.9. The van der Waals surface area contributed by atoms with Crippen LogP contribution < -0.4 is 5.32 Å². The smallest absolute Gasteiger partial charge is 0.225 e. The first kappa shape index (κ1) is 20.6. The Labute approximate surface area is 176 Å². The van der Waals surface area contributed by atoms with E-state index in [4.69, 9.17) is 4.42 Å². The third kappa shape index (κ3) is 5.29. The molecule has 0 bridgehead atoms. The van der Waals surface area contributed by atoms with Crippen LogP contribution in [0.15, 0.2) is 47.1 Å². The van der Waals surface area contributed by atoms with Gasteiger partial charge in [-0.1, -0.05) is 24.3 Å². The van der Waals surface area contributed by atoms with E-state index < -0.39 is 0 Å². The molecule has 2 saturated heterocycles. The third-order valence-electron chi connectivity index (χ3n) is 5.97. The van der Waals surface area contributed by atoms with Crippen LogP contribution in [0.4, 0.5) is 0 Å². The molecule has 0 radical (unpaired) electrons. The summed E-state index contributed by atoms with van der Waals surface area (Å²) in [4.78, 5) is 28.8. The summed E-state index contributed by atoms with van der Waals surface area (Å²) >= 11 is 0. The lowest BCUT2D eigenvalue weighted by Gasteiger charge is -2.29. The minimum Gasteiger partial charge on any atom is -0.467 e. The normalized spacial score (nSPS) is 20.6. The van der Waals surface area contributed by atoms with Gasteiger partial charge >= 0.3 is 0 Å². The molecular weight excluding hydrogens is 382 g/mol. The van der Waals surface area contributed by atoms with Crippen LogP contribution in [0, 0.1) is 5.92 Å². The zero-order valence-electron chi connectivity index (χ0n) is 17.1. The first-order valence-electron chi connectivity index (χ1n) is 10.6. The Hall–Kier alpha value is -2.64. The Morgan fingerprint density at radius 1 is 1.10 bits per heavy atom. The lowest BCUT2D eigenvalue weighted by Crippen LogP contribution is -2.35. The molecule has 2 aliphatic heterocycles. The number of rotatable bonds is 7. The molecule has 7 heteroatoms. The SMILES string of the molecule is O=C(NCc1ccc(CN2CCC(O)CC2)cc1)C1CC(=O)N(Cc2ccco2)C1. The van der Waals surface area contributed by atoms with Gasteiger partial charge in [-0.2, -0.15) is 0 Å². The molecule has 0 spiro atoms. The molecule has 4 rings (SSSR count). The molecule has 2 fully saturated rings. The number of aliphatic hydroxyl groups excluding tert-OH is 1. The van der Waals surface area contributed by atoms with E-state index in [1.807, 2.05) is 18.2 Å². The molecule has 7 nitrogen and oxygen atoms in total. The van der Waals surface area contributed by atoms with Crippen molar-refractivity contribution in [2.75, 3.05) is 19.6 Å². The average Bonchev–Trinajstić information content (AvgIpc) is 3.39. The minimum absolute atomic E-state index is 0.0128. The van der Waals surface area contributed by atoms with Crippen molar-refractivity contribution in [3.8, 4) is 0 Å². The number of hydrogen-bond donors (Lipinski definition) is 2. The van der Waals surface area contributed by atoms with Crippen molar-refractivity contribution >= 4 is 11.8 Å². The summed E-state index contributed by atoms with van der Waals surface area (Å²) in [7, 11) is 0. The van der Waals surface area contributed by atoms with E-state index >= 15 is 0 Å². The number of amides is 2. The van der Waals surface area contributed by atoms with Crippen LogP contribution in [0.25, 0.3) is 0 Å². The molecule has 1 aromatic heterocycles. The molecule has 2 N–H and O–H groups in total. The quantitative estimate of drug-likeness (QED) is 0.727. The fraction of sp³-hybridized carbons (Fsp3) is 0.478. The monoisotopic (exact) mass is 411 g/mol. The van der Waals surface area contributed by atoms with E-state index in [9.17, 15) is 14.7 Å². The standard InChI is InChI=1S/C23H29N3O4/c27-20-7-9-25(10-8-20)14-18-5-3-17(4-6-18)13-24-23(29)19-12-22(28)26(15-19)16-21-2-1-11-30-21/h1-6,11,19-20,27H,7-10,12-16H2,(H,24,29). The molecular formula is C23H29N3O4. The number of nitrogens with one attached hydrogen (secondary N) is 1. The number of benzene rings is 1. The summed E-state index contributed by atoms with van der Waals surface area (Å²) in [5, 5.41) is 12.6. The molecule has 1 unspecified atom stereocenters. The Bertz CT molecular complexity index is 842. The van der Waals surface area contributed by atoms with Crippen LogP contribution >= 0.6 is 0 Å². The van der Waals surface area contributed by atoms with Crippen LogP contribution in [-0.2, 0) is 29.2 Å². The van der Waals surface area contributed by atoms with Crippen molar-refractivity contribution in [1.29, 1.82) is 0 Å². The number of carbonyl (C=O) groups excluding carboxylic acids is 2. The van der Waals surface area contributed by atoms with Crippen molar-refractivity contribution in [3.05, 3.63) is 59.5 Å². The van der Waals surface area contributed by atoms with Gasteiger partial charge in [0.2, 0.25) is 11.8 Å². The summed E-state index contributed by atoms with van der Waals surface area (Å²) in [5.74, 6) is 0.314. The molecule has 0 aliphatic carbocycles. The number of piperidine rings is 1. The van der Waals surface area contributed by atoms with Crippen molar-refractivity contribution in [2.24, 2.45) is 5.92 Å². The molecule has 0 saturated carbocycles. The van der Waals surface area contributed by atoms with Gasteiger partial charge in [0.05, 0.1) is 24.8 Å². The van der Waals surface area contributed by atoms with E-state index in [1.54, 1.807) is 17.2 Å². The van der Waals surface area contributed by atoms with Gasteiger partial charge in [0.1, 0.15) is 5.76 Å². The van der Waals surface area contributed by atoms with Gasteiger partial charge in [-0.3, -0.25) is 14.5 Å². The fourth-order valence-electron chi connectivity index (χ4n) is 4.12. The zero-order valence-corrected chi connectivity index (χ0v) is 17.1. The van der Waals surface area contributed by atoms with Crippen LogP contribution in [0.2, 0.25) is 0 Å². The Kier molecular flexibility index (Phi) is 6.50. The van der Waals surface area contributed by atoms with Crippen LogP contribution in [0.3, 0.4) is 0 Å². The van der Waals surface area contributed by atoms with E-state index in [0.29, 0.717) is 19.6 Å². The predicted molar refractivity (Wildman–Crippen MR) is 111 cm³/mol. The van der Waals surface area contributed by atoms with E-state index in [-0.39, 0.29) is 30.3 Å². The molecule has 1 atom stereocenters. The molecule has 160 valence electrons. The van der Waals surface area contributed by atoms with E-state index in [2.05, 4.69) is 22.3 Å². The summed E-state index contributed by atoms with van der Waals surface area (Å²) in [5.41, 5.74) is 2.27. The maximum absolute atomic E-state index is 12.5. The second kappa shape index (κ2) is 9.45. The molecule has 2 amide bonds. The first-order chi connectivity index (χ1) is 14.6. The second-order valence-electron chi connectivity index (χ2n) is 8.30. The van der Waals surface area contributed by atoms with Gasteiger partial charge in [0, 0.05) is 39.1 Å². The molecule has 1 aromatic carbocycles. The highest BCUT2D eigenvalue weighted by molar-refractivity contribution is 5.89. The second-order valence-corrected chi connectivity index (χ2v) is 8.30. The predicted octanol–water partition coefficient (Wildman–Crippen LogP) is 1.90. The van der Waals surface area contributed by atoms with Crippen molar-refractivity contribution in [1.82, 2.24) is 15.1 Å². The summed E-state index contributed by atoms with van der Waals surface area (Å²) in [6, 6.07) is 11.9. The van der Waals surface area contributed by atoms with Gasteiger partial charge in [-0.15, -0.1) is 0 Å². The number of hydrogen-bond acceptors (Lipinski definition) is 5. The maximum atomic E-state index is 12.5. The highest BCUT2D eigenvalue weighted by Crippen LogP contribution is 2.21. The topological polar surface area (TPSA) is 86.0 Å². The summed E-state index contributed by atoms with van der Waals surface area (Å²) in [6.45, 7) is 4.03. The largest absolute Gasteiger partial charge is 0.467 e. The number of likely N-dealkylation sites (tertiary alicyclic amines) is 2.